The summed E-state index contributed by atoms with van der Waals surface area (Å²) >= 11 is 0. The van der Waals surface area contributed by atoms with Crippen LogP contribution in [0.2, 0.25) is 0 Å². The van der Waals surface area contributed by atoms with Crippen molar-refractivity contribution in [1.29, 1.82) is 0 Å². The van der Waals surface area contributed by atoms with Gasteiger partial charge in [0, 0.05) is 5.92 Å². The minimum absolute atomic E-state index is 0.0597. The number of fused-ring (bicyclic) bond motifs is 1. The van der Waals surface area contributed by atoms with Crippen LogP contribution < -0.4 is 0 Å². The van der Waals surface area contributed by atoms with E-state index in [9.17, 15) is 8.42 Å². The van der Waals surface area contributed by atoms with E-state index in [1.54, 1.807) is 6.92 Å². The van der Waals surface area contributed by atoms with E-state index in [0.717, 1.165) is 12.0 Å². The summed E-state index contributed by atoms with van der Waals surface area (Å²) in [6.07, 6.45) is 1.02. The van der Waals surface area contributed by atoms with Crippen LogP contribution >= 0.6 is 0 Å². The number of allylic oxidation sites excluding steroid dienone is 1. The Morgan fingerprint density at radius 3 is 2.79 bits per heavy atom. The maximum atomic E-state index is 11.8. The number of hydrogen-bond acceptors (Lipinski definition) is 5. The van der Waals surface area contributed by atoms with E-state index >= 15 is 0 Å². The molecule has 5 nitrogen and oxygen atoms in total. The molecule has 0 amide bonds. The molecule has 3 fully saturated rings. The lowest BCUT2D eigenvalue weighted by Gasteiger charge is -2.25. The van der Waals surface area contributed by atoms with Crippen molar-refractivity contribution in [2.24, 2.45) is 11.8 Å². The number of ether oxygens (including phenoxy) is 2. The van der Waals surface area contributed by atoms with Gasteiger partial charge in [-0.2, -0.15) is 8.42 Å². The van der Waals surface area contributed by atoms with E-state index in [4.69, 9.17) is 13.7 Å². The lowest BCUT2D eigenvalue weighted by Crippen LogP contribution is -2.36. The molecule has 1 aliphatic heterocycles. The first kappa shape index (κ1) is 13.1. The minimum atomic E-state index is -3.37. The Bertz CT molecular complexity index is 523. The van der Waals surface area contributed by atoms with Crippen molar-refractivity contribution in [3.05, 3.63) is 24.5 Å². The second kappa shape index (κ2) is 4.33. The van der Waals surface area contributed by atoms with Gasteiger partial charge in [-0.15, -0.1) is 0 Å². The lowest BCUT2D eigenvalue weighted by molar-refractivity contribution is -0.109. The van der Waals surface area contributed by atoms with Crippen molar-refractivity contribution < 1.29 is 22.1 Å². The SMILES string of the molecule is C=C(C)C(=C)OCOC1C2CC3C1OS(=O)(=O)C3C2. The van der Waals surface area contributed by atoms with Crippen molar-refractivity contribution >= 4 is 10.1 Å². The van der Waals surface area contributed by atoms with Crippen LogP contribution in [0.3, 0.4) is 0 Å². The second-order valence-electron chi connectivity index (χ2n) is 5.58. The van der Waals surface area contributed by atoms with Crippen LogP contribution in [0.15, 0.2) is 24.5 Å². The highest BCUT2D eigenvalue weighted by Crippen LogP contribution is 2.55. The largest absolute Gasteiger partial charge is 0.468 e. The quantitative estimate of drug-likeness (QED) is 0.332. The van der Waals surface area contributed by atoms with Crippen molar-refractivity contribution in [3.8, 4) is 0 Å². The molecule has 0 aromatic rings. The maximum absolute atomic E-state index is 11.8. The molecule has 0 aromatic carbocycles. The number of rotatable bonds is 5. The Balaban J connectivity index is 1.60. The van der Waals surface area contributed by atoms with Crippen molar-refractivity contribution in [2.45, 2.75) is 37.2 Å². The molecule has 0 aromatic heterocycles. The third-order valence-corrected chi connectivity index (χ3v) is 6.16. The summed E-state index contributed by atoms with van der Waals surface area (Å²) in [7, 11) is -3.37. The van der Waals surface area contributed by atoms with Crippen LogP contribution in [0.1, 0.15) is 19.8 Å². The number of hydrogen-bond donors (Lipinski definition) is 0. The fraction of sp³-hybridized carbons (Fsp3) is 0.692. The Morgan fingerprint density at radius 2 is 2.11 bits per heavy atom. The summed E-state index contributed by atoms with van der Waals surface area (Å²) in [5.41, 5.74) is 0.747. The molecule has 0 spiro atoms. The zero-order valence-electron chi connectivity index (χ0n) is 10.9. The Labute approximate surface area is 113 Å². The Hall–Kier alpha value is -0.850. The van der Waals surface area contributed by atoms with Crippen LogP contribution in [0.5, 0.6) is 0 Å². The van der Waals surface area contributed by atoms with E-state index in [-0.39, 0.29) is 36.1 Å². The van der Waals surface area contributed by atoms with Crippen LogP contribution in [0, 0.1) is 11.8 Å². The van der Waals surface area contributed by atoms with Gasteiger partial charge < -0.3 is 9.47 Å². The Morgan fingerprint density at radius 1 is 1.37 bits per heavy atom. The van der Waals surface area contributed by atoms with Crippen LogP contribution in [-0.2, 0) is 23.8 Å². The van der Waals surface area contributed by atoms with Crippen molar-refractivity contribution in [1.82, 2.24) is 0 Å². The zero-order chi connectivity index (χ0) is 13.8. The lowest BCUT2D eigenvalue weighted by atomic mass is 9.94. The molecule has 3 rings (SSSR count). The second-order valence-corrected chi connectivity index (χ2v) is 7.37. The maximum Gasteiger partial charge on any atom is 0.270 e. The van der Waals surface area contributed by atoms with Gasteiger partial charge in [0.2, 0.25) is 0 Å². The molecule has 1 heterocycles. The molecular formula is C13H18O5S. The zero-order valence-corrected chi connectivity index (χ0v) is 11.7. The molecular weight excluding hydrogens is 268 g/mol. The summed E-state index contributed by atoms with van der Waals surface area (Å²) in [6, 6.07) is 0. The molecule has 3 aliphatic rings. The first-order valence-corrected chi connectivity index (χ1v) is 7.88. The highest BCUT2D eigenvalue weighted by molar-refractivity contribution is 7.87. The van der Waals surface area contributed by atoms with E-state index in [0.29, 0.717) is 12.2 Å². The van der Waals surface area contributed by atoms with Gasteiger partial charge in [0.1, 0.15) is 11.9 Å². The molecule has 1 saturated heterocycles. The van der Waals surface area contributed by atoms with Crippen molar-refractivity contribution in [3.63, 3.8) is 0 Å². The predicted molar refractivity (Wildman–Crippen MR) is 68.6 cm³/mol. The van der Waals surface area contributed by atoms with Gasteiger partial charge in [-0.05, 0) is 31.3 Å². The summed E-state index contributed by atoms with van der Waals surface area (Å²) in [6.45, 7) is 9.29. The van der Waals surface area contributed by atoms with Crippen LogP contribution in [0.25, 0.3) is 0 Å². The van der Waals surface area contributed by atoms with E-state index in [1.165, 1.54) is 0 Å². The van der Waals surface area contributed by atoms with Gasteiger partial charge in [-0.3, -0.25) is 4.18 Å². The molecule has 0 radical (unpaired) electrons. The van der Waals surface area contributed by atoms with Crippen LogP contribution in [-0.4, -0.2) is 32.7 Å². The molecule has 2 aliphatic carbocycles. The average molecular weight is 286 g/mol. The molecule has 0 N–H and O–H groups in total. The summed E-state index contributed by atoms with van der Waals surface area (Å²) in [5, 5.41) is -0.311. The van der Waals surface area contributed by atoms with Gasteiger partial charge in [-0.25, -0.2) is 0 Å². The molecule has 2 saturated carbocycles. The van der Waals surface area contributed by atoms with Gasteiger partial charge in [0.25, 0.3) is 10.1 Å². The first-order valence-electron chi connectivity index (χ1n) is 6.41. The normalized spacial score (nSPS) is 41.4. The molecule has 5 atom stereocenters. The van der Waals surface area contributed by atoms with Crippen LogP contribution in [0.4, 0.5) is 0 Å². The third-order valence-electron chi connectivity index (χ3n) is 4.38. The van der Waals surface area contributed by atoms with Gasteiger partial charge >= 0.3 is 0 Å². The minimum Gasteiger partial charge on any atom is -0.468 e. The van der Waals surface area contributed by atoms with Gasteiger partial charge in [0.15, 0.2) is 6.79 Å². The molecule has 2 bridgehead atoms. The van der Waals surface area contributed by atoms with E-state index in [1.807, 2.05) is 0 Å². The first-order chi connectivity index (χ1) is 8.90. The standard InChI is InChI=1S/C13H18O5S/c1-7(2)8(3)16-6-17-12-9-4-10-11(5-9)19(14,15)18-13(10)12/h9-13H,1,3-6H2,2H3. The summed E-state index contributed by atoms with van der Waals surface area (Å²) < 4.78 is 39.7. The fourth-order valence-electron chi connectivity index (χ4n) is 3.42. The molecule has 5 unspecified atom stereocenters. The molecule has 19 heavy (non-hydrogen) atoms. The predicted octanol–water partition coefficient (Wildman–Crippen LogP) is 1.57. The molecule has 106 valence electrons. The summed E-state index contributed by atoms with van der Waals surface area (Å²) in [5.74, 6) is 0.851. The Kier molecular flexibility index (Phi) is 2.99. The summed E-state index contributed by atoms with van der Waals surface area (Å²) in [4.78, 5) is 0. The van der Waals surface area contributed by atoms with Gasteiger partial charge in [-0.1, -0.05) is 13.2 Å². The van der Waals surface area contributed by atoms with Crippen molar-refractivity contribution in [2.75, 3.05) is 6.79 Å². The molecule has 6 heteroatoms. The third kappa shape index (κ3) is 2.02. The highest BCUT2D eigenvalue weighted by atomic mass is 32.2. The fourth-order valence-corrected chi connectivity index (χ4v) is 5.30. The topological polar surface area (TPSA) is 61.8 Å². The van der Waals surface area contributed by atoms with E-state index in [2.05, 4.69) is 13.2 Å². The highest BCUT2D eigenvalue weighted by Gasteiger charge is 2.64. The average Bonchev–Trinajstić information content (AvgIpc) is 2.91. The van der Waals surface area contributed by atoms with Gasteiger partial charge in [0.05, 0.1) is 11.4 Å². The van der Waals surface area contributed by atoms with E-state index < -0.39 is 10.1 Å². The smallest absolute Gasteiger partial charge is 0.270 e. The monoisotopic (exact) mass is 286 g/mol.